The number of hydrogen-bond donors (Lipinski definition) is 0. The minimum atomic E-state index is -0.368. The lowest BCUT2D eigenvalue weighted by Crippen LogP contribution is -2.34. The lowest BCUT2D eigenvalue weighted by molar-refractivity contribution is -0.0214. The molecule has 158 valence electrons. The highest BCUT2D eigenvalue weighted by atomic mass is 16.5. The van der Waals surface area contributed by atoms with Crippen LogP contribution in [0.25, 0.3) is 0 Å². The van der Waals surface area contributed by atoms with Crippen LogP contribution in [0.15, 0.2) is 72.1 Å². The van der Waals surface area contributed by atoms with Gasteiger partial charge in [-0.2, -0.15) is 5.10 Å². The van der Waals surface area contributed by atoms with Crippen molar-refractivity contribution in [2.45, 2.75) is 32.5 Å². The maximum Gasteiger partial charge on any atom is 0.215 e. The van der Waals surface area contributed by atoms with Crippen molar-refractivity contribution >= 4 is 5.71 Å². The van der Waals surface area contributed by atoms with Crippen molar-refractivity contribution in [3.63, 3.8) is 0 Å². The number of ether oxygens (including phenoxy) is 3. The van der Waals surface area contributed by atoms with Gasteiger partial charge in [-0.15, -0.1) is 0 Å². The number of fused-ring (bicyclic) bond motifs is 3. The summed E-state index contributed by atoms with van der Waals surface area (Å²) < 4.78 is 17.9. The Morgan fingerprint density at radius 1 is 1.00 bits per heavy atom. The highest BCUT2D eigenvalue weighted by molar-refractivity contribution is 6.02. The van der Waals surface area contributed by atoms with Crippen molar-refractivity contribution in [2.24, 2.45) is 5.10 Å². The molecule has 2 atom stereocenters. The topological polar surface area (TPSA) is 56.2 Å². The molecule has 6 heteroatoms. The van der Waals surface area contributed by atoms with Gasteiger partial charge in [0.15, 0.2) is 11.5 Å². The zero-order valence-electron chi connectivity index (χ0n) is 17.7. The quantitative estimate of drug-likeness (QED) is 0.559. The maximum atomic E-state index is 6.48. The van der Waals surface area contributed by atoms with Gasteiger partial charge in [0.25, 0.3) is 0 Å². The Balaban J connectivity index is 1.55. The van der Waals surface area contributed by atoms with E-state index < -0.39 is 0 Å². The van der Waals surface area contributed by atoms with Crippen LogP contribution in [-0.4, -0.2) is 28.9 Å². The summed E-state index contributed by atoms with van der Waals surface area (Å²) in [6.07, 6.45) is 4.02. The second kappa shape index (κ2) is 8.30. The van der Waals surface area contributed by atoms with Crippen molar-refractivity contribution in [3.8, 4) is 17.2 Å². The van der Waals surface area contributed by atoms with Crippen molar-refractivity contribution in [1.29, 1.82) is 0 Å². The smallest absolute Gasteiger partial charge is 0.215 e. The van der Waals surface area contributed by atoms with E-state index in [1.54, 1.807) is 6.20 Å². The first-order valence-electron chi connectivity index (χ1n) is 10.7. The second-order valence-corrected chi connectivity index (χ2v) is 7.47. The summed E-state index contributed by atoms with van der Waals surface area (Å²) in [6, 6.07) is 18.2. The minimum Gasteiger partial charge on any atom is -0.494 e. The first kappa shape index (κ1) is 19.4. The van der Waals surface area contributed by atoms with E-state index in [1.807, 2.05) is 56.4 Å². The van der Waals surface area contributed by atoms with E-state index in [9.17, 15) is 0 Å². The Morgan fingerprint density at radius 2 is 1.84 bits per heavy atom. The van der Waals surface area contributed by atoms with Gasteiger partial charge in [-0.25, -0.2) is 5.01 Å². The summed E-state index contributed by atoms with van der Waals surface area (Å²) >= 11 is 0. The van der Waals surface area contributed by atoms with Crippen LogP contribution in [0.4, 0.5) is 0 Å². The third kappa shape index (κ3) is 3.58. The molecule has 2 aliphatic rings. The molecule has 0 aliphatic carbocycles. The Bertz CT molecular complexity index is 1080. The van der Waals surface area contributed by atoms with E-state index in [1.165, 1.54) is 0 Å². The van der Waals surface area contributed by atoms with Crippen LogP contribution in [0.3, 0.4) is 0 Å². The summed E-state index contributed by atoms with van der Waals surface area (Å²) in [5.41, 5.74) is 4.17. The molecule has 0 saturated carbocycles. The third-order valence-electron chi connectivity index (χ3n) is 5.55. The summed E-state index contributed by atoms with van der Waals surface area (Å²) in [7, 11) is 0. The summed E-state index contributed by atoms with van der Waals surface area (Å²) in [5, 5.41) is 7.06. The molecule has 1 aromatic heterocycles. The van der Waals surface area contributed by atoms with Crippen molar-refractivity contribution in [2.75, 3.05) is 13.2 Å². The van der Waals surface area contributed by atoms with Crippen molar-refractivity contribution in [1.82, 2.24) is 9.99 Å². The largest absolute Gasteiger partial charge is 0.494 e. The number of pyridine rings is 1. The molecular weight excluding hydrogens is 390 g/mol. The Morgan fingerprint density at radius 3 is 2.58 bits per heavy atom. The number of aromatic nitrogens is 1. The van der Waals surface area contributed by atoms with Crippen molar-refractivity contribution in [3.05, 3.63) is 83.7 Å². The van der Waals surface area contributed by atoms with E-state index in [4.69, 9.17) is 19.3 Å². The van der Waals surface area contributed by atoms with E-state index in [-0.39, 0.29) is 12.3 Å². The normalized spacial score (nSPS) is 19.2. The molecule has 0 radical (unpaired) electrons. The second-order valence-electron chi connectivity index (χ2n) is 7.47. The van der Waals surface area contributed by atoms with Gasteiger partial charge < -0.3 is 14.2 Å². The van der Waals surface area contributed by atoms with Crippen LogP contribution >= 0.6 is 0 Å². The standard InChI is InChI=1S/C25H25N3O3/c1-3-29-19-12-10-17(11-13-19)21-15-22-20-8-5-9-23(30-4-2)24(20)31-25(28(22)27-21)18-7-6-14-26-16-18/h5-14,16,22,25H,3-4,15H2,1-2H3/t22-,25+/m0/s1. The van der Waals surface area contributed by atoms with Crippen LogP contribution in [-0.2, 0) is 0 Å². The summed E-state index contributed by atoms with van der Waals surface area (Å²) in [4.78, 5) is 4.29. The van der Waals surface area contributed by atoms with Crippen LogP contribution in [0.2, 0.25) is 0 Å². The monoisotopic (exact) mass is 415 g/mol. The number of para-hydroxylation sites is 1. The molecule has 2 aromatic carbocycles. The van der Waals surface area contributed by atoms with Gasteiger partial charge in [0.05, 0.1) is 25.0 Å². The molecule has 0 spiro atoms. The average molecular weight is 415 g/mol. The minimum absolute atomic E-state index is 0.0657. The van der Waals surface area contributed by atoms with Gasteiger partial charge in [-0.3, -0.25) is 4.98 Å². The predicted octanol–water partition coefficient (Wildman–Crippen LogP) is 5.12. The fraction of sp³-hybridized carbons (Fsp3) is 0.280. The van der Waals surface area contributed by atoms with Crippen LogP contribution < -0.4 is 14.2 Å². The average Bonchev–Trinajstić information content (AvgIpc) is 3.26. The maximum absolute atomic E-state index is 6.48. The molecule has 0 N–H and O–H groups in total. The molecule has 5 rings (SSSR count). The number of hydrazone groups is 1. The molecule has 0 amide bonds. The molecule has 0 saturated heterocycles. The zero-order chi connectivity index (χ0) is 21.2. The Kier molecular flexibility index (Phi) is 5.20. The van der Waals surface area contributed by atoms with E-state index in [0.29, 0.717) is 13.2 Å². The molecule has 3 heterocycles. The van der Waals surface area contributed by atoms with E-state index in [0.717, 1.165) is 46.1 Å². The van der Waals surface area contributed by atoms with Crippen LogP contribution in [0, 0.1) is 0 Å². The number of rotatable bonds is 6. The predicted molar refractivity (Wildman–Crippen MR) is 119 cm³/mol. The fourth-order valence-corrected chi connectivity index (χ4v) is 4.18. The molecule has 2 aliphatic heterocycles. The SMILES string of the molecule is CCOc1ccc(C2=NN3[C@@H](c4cccnc4)Oc4c(OCC)cccc4[C@@H]3C2)cc1. The van der Waals surface area contributed by atoms with Crippen LogP contribution in [0.5, 0.6) is 17.2 Å². The first-order valence-corrected chi connectivity index (χ1v) is 10.7. The third-order valence-corrected chi connectivity index (χ3v) is 5.55. The van der Waals surface area contributed by atoms with Gasteiger partial charge >= 0.3 is 0 Å². The summed E-state index contributed by atoms with van der Waals surface area (Å²) in [6.45, 7) is 5.20. The van der Waals surface area contributed by atoms with Gasteiger partial charge in [0.2, 0.25) is 6.23 Å². The number of benzene rings is 2. The fourth-order valence-electron chi connectivity index (χ4n) is 4.18. The Hall–Kier alpha value is -3.54. The molecule has 6 nitrogen and oxygen atoms in total. The highest BCUT2D eigenvalue weighted by Crippen LogP contribution is 2.50. The number of hydrogen-bond acceptors (Lipinski definition) is 6. The lowest BCUT2D eigenvalue weighted by atomic mass is 9.95. The molecule has 31 heavy (non-hydrogen) atoms. The molecular formula is C25H25N3O3. The van der Waals surface area contributed by atoms with Gasteiger partial charge in [0.1, 0.15) is 5.75 Å². The molecule has 3 aromatic rings. The molecule has 0 fully saturated rings. The van der Waals surface area contributed by atoms with Crippen molar-refractivity contribution < 1.29 is 14.2 Å². The first-order chi connectivity index (χ1) is 15.3. The van der Waals surface area contributed by atoms with E-state index >= 15 is 0 Å². The van der Waals surface area contributed by atoms with E-state index in [2.05, 4.69) is 28.2 Å². The molecule has 0 bridgehead atoms. The van der Waals surface area contributed by atoms with Gasteiger partial charge in [0, 0.05) is 29.9 Å². The summed E-state index contributed by atoms with van der Waals surface area (Å²) in [5.74, 6) is 2.43. The van der Waals surface area contributed by atoms with Crippen LogP contribution in [0.1, 0.15) is 49.2 Å². The zero-order valence-corrected chi connectivity index (χ0v) is 17.7. The van der Waals surface area contributed by atoms with Gasteiger partial charge in [-0.05, 0) is 55.8 Å². The van der Waals surface area contributed by atoms with Gasteiger partial charge in [-0.1, -0.05) is 18.2 Å². The Labute approximate surface area is 182 Å². The highest BCUT2D eigenvalue weighted by Gasteiger charge is 2.42. The number of nitrogens with zero attached hydrogens (tertiary/aromatic N) is 3. The molecule has 0 unspecified atom stereocenters. The lowest BCUT2D eigenvalue weighted by Gasteiger charge is -2.38.